The van der Waals surface area contributed by atoms with Crippen LogP contribution in [-0.4, -0.2) is 61.8 Å². The Morgan fingerprint density at radius 1 is 0.639 bits per heavy atom. The summed E-state index contributed by atoms with van der Waals surface area (Å²) in [4.78, 5) is 33.4. The molecular weight excluding hydrogens is 759 g/mol. The lowest BCUT2D eigenvalue weighted by atomic mass is 9.73. The van der Waals surface area contributed by atoms with Crippen molar-refractivity contribution in [1.82, 2.24) is 10.2 Å². The number of carbonyl (C=O) groups excluding carboxylic acids is 2. The molecule has 1 N–H and O–H groups in total. The van der Waals surface area contributed by atoms with Crippen LogP contribution in [0.2, 0.25) is 0 Å². The summed E-state index contributed by atoms with van der Waals surface area (Å²) < 4.78 is 18.2. The fraction of sp³-hybridized carbons (Fsp3) is 0.906. The Kier molecular flexibility index (Phi) is 34.6. The number of hydrogen-bond donors (Lipinski definition) is 1. The zero-order valence-corrected chi connectivity index (χ0v) is 40.8. The molecule has 5 atom stereocenters. The normalized spacial score (nSPS) is 19.3. The summed E-state index contributed by atoms with van der Waals surface area (Å²) in [5.41, 5.74) is 0. The van der Waals surface area contributed by atoms with Gasteiger partial charge in [-0.15, -0.1) is 0 Å². The first-order valence-electron chi connectivity index (χ1n) is 26.6. The van der Waals surface area contributed by atoms with Crippen molar-refractivity contribution in [2.75, 3.05) is 26.3 Å². The molecule has 356 valence electrons. The van der Waals surface area contributed by atoms with Gasteiger partial charge in [0, 0.05) is 25.5 Å². The molecular formula is C53H99N3O5. The van der Waals surface area contributed by atoms with Crippen molar-refractivity contribution < 1.29 is 23.8 Å². The highest BCUT2D eigenvalue weighted by atomic mass is 16.5. The van der Waals surface area contributed by atoms with E-state index in [0.717, 1.165) is 109 Å². The first kappa shape index (κ1) is 55.0. The average molecular weight is 858 g/mol. The van der Waals surface area contributed by atoms with Gasteiger partial charge in [-0.3, -0.25) is 14.5 Å². The Bertz CT molecular complexity index is 1100. The van der Waals surface area contributed by atoms with Crippen molar-refractivity contribution in [2.45, 2.75) is 259 Å². The molecule has 1 aliphatic heterocycles. The van der Waals surface area contributed by atoms with Gasteiger partial charge in [-0.1, -0.05) is 175 Å². The van der Waals surface area contributed by atoms with E-state index in [1.54, 1.807) is 12.6 Å². The van der Waals surface area contributed by atoms with Crippen LogP contribution in [-0.2, 0) is 23.8 Å². The third kappa shape index (κ3) is 27.7. The van der Waals surface area contributed by atoms with Gasteiger partial charge in [0.1, 0.15) is 6.10 Å². The first-order valence-corrected chi connectivity index (χ1v) is 26.6. The van der Waals surface area contributed by atoms with Crippen LogP contribution >= 0.6 is 0 Å². The molecule has 0 aromatic rings. The lowest BCUT2D eigenvalue weighted by Gasteiger charge is -2.40. The molecule has 0 amide bonds. The second kappa shape index (κ2) is 38.4. The molecule has 1 heterocycles. The summed E-state index contributed by atoms with van der Waals surface area (Å²) in [6, 6.07) is 0. The van der Waals surface area contributed by atoms with E-state index >= 15 is 0 Å². The number of rotatable bonds is 39. The number of unbranched alkanes of at least 4 members (excludes halogenated alkanes) is 18. The molecule has 1 aliphatic carbocycles. The molecule has 1 saturated carbocycles. The Balaban J connectivity index is 1.87. The molecule has 0 saturated heterocycles. The maximum atomic E-state index is 13.3. The van der Waals surface area contributed by atoms with Crippen LogP contribution in [0.15, 0.2) is 17.4 Å². The van der Waals surface area contributed by atoms with Crippen molar-refractivity contribution in [3.05, 3.63) is 12.4 Å². The summed E-state index contributed by atoms with van der Waals surface area (Å²) in [5, 5.41) is 3.56. The van der Waals surface area contributed by atoms with Crippen molar-refractivity contribution in [3.8, 4) is 0 Å². The van der Waals surface area contributed by atoms with E-state index in [-0.39, 0.29) is 36.0 Å². The SMILES string of the molecule is CCCCCCCCC(CCCCCC)C(=O)OCCCCC1CN(CC(CCCCOC(=O)C(CCCCCC)CCCCCCCC)C2CCC2)C(C)N/C=C\N=CO1. The van der Waals surface area contributed by atoms with Gasteiger partial charge >= 0.3 is 11.9 Å². The zero-order valence-electron chi connectivity index (χ0n) is 40.8. The minimum Gasteiger partial charge on any atom is -0.479 e. The molecule has 61 heavy (non-hydrogen) atoms. The molecule has 8 nitrogen and oxygen atoms in total. The molecule has 5 unspecified atom stereocenters. The fourth-order valence-electron chi connectivity index (χ4n) is 9.33. The highest BCUT2D eigenvalue weighted by Gasteiger charge is 2.31. The third-order valence-corrected chi connectivity index (χ3v) is 13.8. The van der Waals surface area contributed by atoms with E-state index in [9.17, 15) is 9.59 Å². The van der Waals surface area contributed by atoms with Crippen molar-refractivity contribution >= 4 is 18.3 Å². The lowest BCUT2D eigenvalue weighted by molar-refractivity contribution is -0.150. The van der Waals surface area contributed by atoms with E-state index in [0.29, 0.717) is 19.1 Å². The quantitative estimate of drug-likeness (QED) is 0.0486. The summed E-state index contributed by atoms with van der Waals surface area (Å²) in [5.74, 6) is 1.57. The third-order valence-electron chi connectivity index (χ3n) is 13.8. The average Bonchev–Trinajstić information content (AvgIpc) is 3.24. The Labute approximate surface area is 377 Å². The van der Waals surface area contributed by atoms with E-state index in [1.165, 1.54) is 122 Å². The van der Waals surface area contributed by atoms with Crippen LogP contribution < -0.4 is 5.32 Å². The largest absolute Gasteiger partial charge is 0.479 e. The maximum Gasteiger partial charge on any atom is 0.308 e. The fourth-order valence-corrected chi connectivity index (χ4v) is 9.33. The standard InChI is InChI=1S/C53H99N3O5/c1-6-10-14-18-20-24-33-48(31-22-16-12-8-3)52(57)59-41-28-26-35-50(47-36-30-37-47)43-56-44-51(61-45-54-39-40-55-46(56)5)38-27-29-42-60-53(58)49(32-23-17-13-9-4)34-25-21-19-15-11-7-2/h39-40,45-51,55H,6-38,41-44H2,1-5H3/b40-39-,54-45?. The Morgan fingerprint density at radius 3 is 1.59 bits per heavy atom. The summed E-state index contributed by atoms with van der Waals surface area (Å²) >= 11 is 0. The topological polar surface area (TPSA) is 89.5 Å². The van der Waals surface area contributed by atoms with Gasteiger partial charge in [0.25, 0.3) is 0 Å². The summed E-state index contributed by atoms with van der Waals surface area (Å²) in [7, 11) is 0. The van der Waals surface area contributed by atoms with Crippen molar-refractivity contribution in [1.29, 1.82) is 0 Å². The predicted molar refractivity (Wildman–Crippen MR) is 258 cm³/mol. The zero-order chi connectivity index (χ0) is 44.0. The van der Waals surface area contributed by atoms with Gasteiger partial charge in [-0.05, 0) is 83.0 Å². The molecule has 0 spiro atoms. The highest BCUT2D eigenvalue weighted by molar-refractivity contribution is 5.72. The van der Waals surface area contributed by atoms with E-state index < -0.39 is 0 Å². The minimum atomic E-state index is 0.0157. The molecule has 2 rings (SSSR count). The maximum absolute atomic E-state index is 13.3. The second-order valence-electron chi connectivity index (χ2n) is 19.1. The monoisotopic (exact) mass is 858 g/mol. The summed E-state index contributed by atoms with van der Waals surface area (Å²) in [6.07, 6.45) is 43.9. The highest BCUT2D eigenvalue weighted by Crippen LogP contribution is 2.37. The van der Waals surface area contributed by atoms with Gasteiger partial charge in [0.05, 0.1) is 31.2 Å². The van der Waals surface area contributed by atoms with Crippen LogP contribution in [0.4, 0.5) is 0 Å². The van der Waals surface area contributed by atoms with Crippen LogP contribution in [0.3, 0.4) is 0 Å². The van der Waals surface area contributed by atoms with E-state index in [2.05, 4.69) is 49.8 Å². The molecule has 2 aliphatic rings. The van der Waals surface area contributed by atoms with Gasteiger partial charge in [-0.2, -0.15) is 0 Å². The number of hydrogen-bond acceptors (Lipinski definition) is 8. The smallest absolute Gasteiger partial charge is 0.308 e. The predicted octanol–water partition coefficient (Wildman–Crippen LogP) is 14.6. The van der Waals surface area contributed by atoms with Crippen molar-refractivity contribution in [3.63, 3.8) is 0 Å². The van der Waals surface area contributed by atoms with Crippen molar-refractivity contribution in [2.24, 2.45) is 28.7 Å². The van der Waals surface area contributed by atoms with Crippen LogP contribution in [0.25, 0.3) is 0 Å². The number of nitrogens with one attached hydrogen (secondary N) is 1. The van der Waals surface area contributed by atoms with Crippen LogP contribution in [0.1, 0.15) is 247 Å². The van der Waals surface area contributed by atoms with E-state index in [1.807, 2.05) is 6.20 Å². The number of aliphatic imine (C=N–C) groups is 1. The number of esters is 2. The summed E-state index contributed by atoms with van der Waals surface area (Å²) in [6.45, 7) is 14.1. The molecule has 1 fully saturated rings. The second-order valence-corrected chi connectivity index (χ2v) is 19.1. The lowest BCUT2D eigenvalue weighted by Crippen LogP contribution is -2.49. The van der Waals surface area contributed by atoms with Gasteiger partial charge in [0.2, 0.25) is 0 Å². The number of nitrogens with zero attached hydrogens (tertiary/aromatic N) is 2. The Hall–Kier alpha value is -2.09. The number of ether oxygens (including phenoxy) is 3. The van der Waals surface area contributed by atoms with E-state index in [4.69, 9.17) is 14.2 Å². The first-order chi connectivity index (χ1) is 29.9. The Morgan fingerprint density at radius 2 is 1.10 bits per heavy atom. The molecule has 0 radical (unpaired) electrons. The number of carbonyl (C=O) groups is 2. The molecule has 8 heteroatoms. The van der Waals surface area contributed by atoms with Crippen LogP contribution in [0, 0.1) is 23.7 Å². The minimum absolute atomic E-state index is 0.0157. The van der Waals surface area contributed by atoms with Gasteiger partial charge in [0.15, 0.2) is 6.40 Å². The van der Waals surface area contributed by atoms with Crippen LogP contribution in [0.5, 0.6) is 0 Å². The van der Waals surface area contributed by atoms with Gasteiger partial charge in [-0.25, -0.2) is 4.99 Å². The molecule has 0 bridgehead atoms. The molecule has 0 aromatic carbocycles. The van der Waals surface area contributed by atoms with Gasteiger partial charge < -0.3 is 19.5 Å². The molecule has 0 aromatic heterocycles.